The number of rotatable bonds is 24. The fourth-order valence-electron chi connectivity index (χ4n) is 8.34. The van der Waals surface area contributed by atoms with Gasteiger partial charge in [-0.3, -0.25) is 28.5 Å². The number of ether oxygens (including phenoxy) is 9. The third-order valence-electron chi connectivity index (χ3n) is 13.2. The second-order valence-electron chi connectivity index (χ2n) is 21.7. The monoisotopic (exact) mass is 1150 g/mol. The van der Waals surface area contributed by atoms with E-state index in [1.807, 2.05) is 28.8 Å². The van der Waals surface area contributed by atoms with Crippen LogP contribution in [0.15, 0.2) is 59.5 Å². The maximum Gasteiger partial charge on any atom is 0.303 e. The van der Waals surface area contributed by atoms with Gasteiger partial charge in [0, 0.05) is 54.9 Å². The number of halogens is 1. The average molecular weight is 1150 g/mol. The van der Waals surface area contributed by atoms with E-state index in [4.69, 9.17) is 68.6 Å². The zero-order valence-corrected chi connectivity index (χ0v) is 49.4. The van der Waals surface area contributed by atoms with Crippen LogP contribution in [-0.2, 0) is 83.0 Å². The fraction of sp³-hybridized carbons (Fsp3) is 0.558. The average Bonchev–Trinajstić information content (AvgIpc) is 4.04. The van der Waals surface area contributed by atoms with E-state index in [1.165, 1.54) is 12.1 Å². The van der Waals surface area contributed by atoms with Crippen LogP contribution in [0.1, 0.15) is 55.4 Å². The molecule has 2 aliphatic rings. The normalized spacial score (nSPS) is 19.4. The van der Waals surface area contributed by atoms with Gasteiger partial charge in [-0.05, 0) is 53.5 Å². The van der Waals surface area contributed by atoms with Crippen molar-refractivity contribution in [2.45, 2.75) is 160 Å². The summed E-state index contributed by atoms with van der Waals surface area (Å²) in [5.74, 6) is -4.51. The molecule has 8 atom stereocenters. The number of carbonyl (C=O) groups is 5. The molecule has 77 heavy (non-hydrogen) atoms. The number of nitrogens with one attached hydrogen (secondary N) is 1. The maximum absolute atomic E-state index is 13.8. The molecule has 0 bridgehead atoms. The van der Waals surface area contributed by atoms with E-state index < -0.39 is 99.9 Å². The van der Waals surface area contributed by atoms with Crippen LogP contribution in [0.3, 0.4) is 0 Å². The summed E-state index contributed by atoms with van der Waals surface area (Å²) in [7, 11) is -7.87. The number of nitrogens with zero attached hydrogens (tertiary/aromatic N) is 3. The molecular formula is C52H71ClN4O17SSi2. The van der Waals surface area contributed by atoms with Crippen molar-refractivity contribution in [1.29, 1.82) is 0 Å². The van der Waals surface area contributed by atoms with Crippen molar-refractivity contribution in [3.8, 4) is 28.4 Å². The Balaban J connectivity index is 1.20. The van der Waals surface area contributed by atoms with Crippen molar-refractivity contribution < 1.29 is 79.4 Å². The van der Waals surface area contributed by atoms with Gasteiger partial charge in [0.25, 0.3) is 0 Å². The van der Waals surface area contributed by atoms with E-state index in [0.717, 1.165) is 46.2 Å². The van der Waals surface area contributed by atoms with Gasteiger partial charge in [-0.25, -0.2) is 18.1 Å². The highest BCUT2D eigenvalue weighted by Gasteiger charge is 2.53. The highest BCUT2D eigenvalue weighted by Crippen LogP contribution is 2.41. The summed E-state index contributed by atoms with van der Waals surface area (Å²) in [6.45, 7) is 23.1. The SMILES string of the molecule is CC(=O)OC[C@@H](OC(C)=O)[C@@H](OC(C)=O)[C@H](OC(C)=O)[C@H](CNS(=O)(=O)c1ccc(-c2ccc(-c3nc4nc(O[C@@H]5CO[C@H]6[C@@H]5OC[C@H]6O[Si](C)(C)C(C)(C)C)n(COCC[Si](C)(C)C)c4cc3Cl)cc2)cc1)OC(C)=O. The van der Waals surface area contributed by atoms with Crippen molar-refractivity contribution in [3.63, 3.8) is 0 Å². The summed E-state index contributed by atoms with van der Waals surface area (Å²) in [4.78, 5) is 70.5. The van der Waals surface area contributed by atoms with Crippen LogP contribution in [0.25, 0.3) is 33.5 Å². The number of hydrogen-bond donors (Lipinski definition) is 1. The summed E-state index contributed by atoms with van der Waals surface area (Å²) in [6.07, 6.45) is -8.09. The number of esters is 5. The standard InChI is InChI=1S/C52H71ClN4O17SSi2/c1-30(58)66-26-43(70-32(3)60)49(72-34(5)62)48(71-33(4)61)41(69-31(2)59)25-54-75(63,64)38-20-18-36(19-21-38)35-14-16-37(17-15-35)45-39(53)24-40-50(55-45)56-51(57(40)29-65-22-23-76(9,10)11)73-42-27-67-47-44(28-68-46(42)47)74-77(12,13)52(6,7)8/h14-21,24,41-44,46-49,54H,22-23,25-29H2,1-13H3/t41-,42+,43+,44+,46+,47+,48+,49+/m0/s1. The molecule has 2 aromatic heterocycles. The number of sulfonamides is 1. The molecule has 0 unspecified atom stereocenters. The smallest absolute Gasteiger partial charge is 0.303 e. The molecule has 4 aromatic rings. The molecule has 0 amide bonds. The van der Waals surface area contributed by atoms with Crippen LogP contribution in [0.2, 0.25) is 48.8 Å². The van der Waals surface area contributed by atoms with Crippen molar-refractivity contribution in [2.75, 3.05) is 33.0 Å². The van der Waals surface area contributed by atoms with E-state index >= 15 is 0 Å². The molecule has 2 aliphatic heterocycles. The lowest BCUT2D eigenvalue weighted by Crippen LogP contribution is -2.55. The summed E-state index contributed by atoms with van der Waals surface area (Å²) in [5, 5.41) is 0.378. The maximum atomic E-state index is 13.8. The van der Waals surface area contributed by atoms with Gasteiger partial charge in [0.15, 0.2) is 44.5 Å². The van der Waals surface area contributed by atoms with E-state index in [-0.39, 0.29) is 41.6 Å². The van der Waals surface area contributed by atoms with Gasteiger partial charge in [-0.15, -0.1) is 0 Å². The number of aromatic nitrogens is 3. The van der Waals surface area contributed by atoms with Gasteiger partial charge in [-0.2, -0.15) is 4.98 Å². The van der Waals surface area contributed by atoms with Crippen molar-refractivity contribution >= 4 is 79.0 Å². The summed E-state index contributed by atoms with van der Waals surface area (Å²) >= 11 is 7.01. The predicted molar refractivity (Wildman–Crippen MR) is 288 cm³/mol. The molecule has 25 heteroatoms. The molecule has 0 saturated carbocycles. The minimum Gasteiger partial charge on any atom is -0.462 e. The van der Waals surface area contributed by atoms with Crippen LogP contribution < -0.4 is 9.46 Å². The molecule has 2 fully saturated rings. The van der Waals surface area contributed by atoms with Gasteiger partial charge >= 0.3 is 35.9 Å². The first-order valence-corrected chi connectivity index (χ1v) is 33.7. The van der Waals surface area contributed by atoms with E-state index in [1.54, 1.807) is 18.2 Å². The Morgan fingerprint density at radius 2 is 1.26 bits per heavy atom. The Kier molecular flexibility index (Phi) is 19.9. The Morgan fingerprint density at radius 3 is 1.81 bits per heavy atom. The third-order valence-corrected chi connectivity index (χ3v) is 21.2. The molecule has 21 nitrogen and oxygen atoms in total. The summed E-state index contributed by atoms with van der Waals surface area (Å²) in [6, 6.07) is 16.3. The van der Waals surface area contributed by atoms with Gasteiger partial charge in [0.05, 0.1) is 47.0 Å². The third kappa shape index (κ3) is 16.2. The lowest BCUT2D eigenvalue weighted by atomic mass is 10.0. The number of carbonyl (C=O) groups excluding carboxylic acids is 5. The van der Waals surface area contributed by atoms with E-state index in [0.29, 0.717) is 52.2 Å². The minimum atomic E-state index is -4.37. The Bertz CT molecular complexity index is 2870. The van der Waals surface area contributed by atoms with Gasteiger partial charge in [-0.1, -0.05) is 88.4 Å². The highest BCUT2D eigenvalue weighted by atomic mass is 35.5. The van der Waals surface area contributed by atoms with Gasteiger partial charge < -0.3 is 47.1 Å². The number of imidazole rings is 1. The first-order chi connectivity index (χ1) is 35.9. The second kappa shape index (κ2) is 25.2. The van der Waals surface area contributed by atoms with Crippen LogP contribution >= 0.6 is 11.6 Å². The van der Waals surface area contributed by atoms with Crippen molar-refractivity contribution in [1.82, 2.24) is 19.3 Å². The molecule has 1 N–H and O–H groups in total. The first-order valence-electron chi connectivity index (χ1n) is 25.2. The second-order valence-corrected chi connectivity index (χ2v) is 34.3. The van der Waals surface area contributed by atoms with Gasteiger partial charge in [0.1, 0.15) is 25.5 Å². The van der Waals surface area contributed by atoms with Crippen molar-refractivity contribution in [3.05, 3.63) is 59.6 Å². The molecule has 2 aromatic carbocycles. The number of fused-ring (bicyclic) bond motifs is 2. The Hall–Kier alpha value is -5.32. The number of benzene rings is 2. The zero-order valence-electron chi connectivity index (χ0n) is 45.8. The molecule has 0 aliphatic carbocycles. The lowest BCUT2D eigenvalue weighted by Gasteiger charge is -2.39. The lowest BCUT2D eigenvalue weighted by molar-refractivity contribution is -0.202. The molecule has 2 saturated heterocycles. The van der Waals surface area contributed by atoms with Crippen molar-refractivity contribution in [2.24, 2.45) is 0 Å². The van der Waals surface area contributed by atoms with Gasteiger partial charge in [0.2, 0.25) is 10.0 Å². The molecule has 6 rings (SSSR count). The summed E-state index contributed by atoms with van der Waals surface area (Å²) < 4.78 is 90.4. The minimum absolute atomic E-state index is 0.0171. The first kappa shape index (κ1) is 60.9. The van der Waals surface area contributed by atoms with Crippen LogP contribution in [0, 0.1) is 0 Å². The summed E-state index contributed by atoms with van der Waals surface area (Å²) in [5.41, 5.74) is 3.54. The quantitative estimate of drug-likeness (QED) is 0.0314. The van der Waals surface area contributed by atoms with Crippen LogP contribution in [0.5, 0.6) is 6.01 Å². The van der Waals surface area contributed by atoms with E-state index in [9.17, 15) is 32.4 Å². The Labute approximate surface area is 456 Å². The predicted octanol–water partition coefficient (Wildman–Crippen LogP) is 7.23. The van der Waals surface area contributed by atoms with E-state index in [2.05, 4.69) is 58.2 Å². The van der Waals surface area contributed by atoms with Crippen LogP contribution in [0.4, 0.5) is 0 Å². The topological polar surface area (TPSA) is 255 Å². The van der Waals surface area contributed by atoms with Crippen LogP contribution in [-0.4, -0.2) is 151 Å². The zero-order chi connectivity index (χ0) is 56.8. The fourth-order valence-corrected chi connectivity index (χ4v) is 11.7. The number of pyridine rings is 1. The molecule has 0 spiro atoms. The molecule has 422 valence electrons. The Morgan fingerprint density at radius 1 is 0.740 bits per heavy atom. The molecular weight excluding hydrogens is 1080 g/mol. The largest absolute Gasteiger partial charge is 0.462 e. The highest BCUT2D eigenvalue weighted by molar-refractivity contribution is 7.89. The molecule has 0 radical (unpaired) electrons. The number of hydrogen-bond acceptors (Lipinski definition) is 19. The molecule has 4 heterocycles.